The normalized spacial score (nSPS) is 20.2. The zero-order chi connectivity index (χ0) is 12.3. The molecule has 8 heteroatoms. The molecule has 1 heterocycles. The molecule has 1 atom stereocenters. The number of esters is 2. The number of nitrogens with one attached hydrogen (secondary N) is 1. The lowest BCUT2D eigenvalue weighted by Crippen LogP contribution is -3.03. The van der Waals surface area contributed by atoms with E-state index in [9.17, 15) is 28.0 Å². The predicted octanol–water partition coefficient (Wildman–Crippen LogP) is -0.545. The van der Waals surface area contributed by atoms with Gasteiger partial charge in [0.25, 0.3) is 0 Å². The Morgan fingerprint density at radius 3 is 2.56 bits per heavy atom. The van der Waals surface area contributed by atoms with Crippen LogP contribution in [0.2, 0.25) is 0 Å². The number of quaternary nitrogens is 1. The van der Waals surface area contributed by atoms with Gasteiger partial charge in [0, 0.05) is 0 Å². The van der Waals surface area contributed by atoms with Crippen LogP contribution in [0.1, 0.15) is 0 Å². The van der Waals surface area contributed by atoms with E-state index in [0.717, 1.165) is 12.3 Å². The molecule has 0 saturated carbocycles. The summed E-state index contributed by atoms with van der Waals surface area (Å²) in [5.41, 5.74) is -0.287. The molecular weight excluding hydrogens is 231 g/mol. The van der Waals surface area contributed by atoms with E-state index in [2.05, 4.69) is 4.74 Å². The molecule has 1 aliphatic heterocycles. The SMILES string of the molecule is O=C(OC(=O)C(F)(F)F)C1=CC=C[NH+]([O-])C1. The zero-order valence-electron chi connectivity index (χ0n) is 7.71. The summed E-state index contributed by atoms with van der Waals surface area (Å²) >= 11 is 0. The zero-order valence-corrected chi connectivity index (χ0v) is 7.71. The fourth-order valence-corrected chi connectivity index (χ4v) is 0.925. The molecule has 16 heavy (non-hydrogen) atoms. The Bertz CT molecular complexity index is 372. The molecule has 1 N–H and O–H groups in total. The molecular formula is C8H6F3NO4. The average molecular weight is 237 g/mol. The van der Waals surface area contributed by atoms with Crippen molar-refractivity contribution in [1.29, 1.82) is 0 Å². The predicted molar refractivity (Wildman–Crippen MR) is 43.6 cm³/mol. The van der Waals surface area contributed by atoms with Gasteiger partial charge < -0.3 is 15.0 Å². The third kappa shape index (κ3) is 3.17. The van der Waals surface area contributed by atoms with Gasteiger partial charge in [0.15, 0.2) is 0 Å². The number of ether oxygens (including phenoxy) is 1. The quantitative estimate of drug-likeness (QED) is 0.377. The van der Waals surface area contributed by atoms with Gasteiger partial charge in [-0.1, -0.05) is 0 Å². The Hall–Kier alpha value is -1.67. The van der Waals surface area contributed by atoms with Crippen LogP contribution in [0.3, 0.4) is 0 Å². The van der Waals surface area contributed by atoms with E-state index in [1.165, 1.54) is 6.08 Å². The summed E-state index contributed by atoms with van der Waals surface area (Å²) in [7, 11) is 0. The number of halogens is 3. The van der Waals surface area contributed by atoms with E-state index in [1.807, 2.05) is 0 Å². The third-order valence-electron chi connectivity index (χ3n) is 1.62. The van der Waals surface area contributed by atoms with E-state index in [-0.39, 0.29) is 12.1 Å². The molecule has 0 saturated heterocycles. The molecule has 1 aliphatic rings. The summed E-state index contributed by atoms with van der Waals surface area (Å²) in [6, 6.07) is 0. The highest BCUT2D eigenvalue weighted by molar-refractivity contribution is 5.98. The second-order valence-electron chi connectivity index (χ2n) is 2.87. The van der Waals surface area contributed by atoms with Gasteiger partial charge in [-0.25, -0.2) is 9.59 Å². The van der Waals surface area contributed by atoms with Crippen molar-refractivity contribution in [3.8, 4) is 0 Å². The first-order valence-corrected chi connectivity index (χ1v) is 4.04. The second-order valence-corrected chi connectivity index (χ2v) is 2.87. The maximum Gasteiger partial charge on any atom is 0.491 e. The maximum absolute atomic E-state index is 11.7. The van der Waals surface area contributed by atoms with Crippen molar-refractivity contribution in [2.24, 2.45) is 0 Å². The summed E-state index contributed by atoms with van der Waals surface area (Å²) in [5, 5.41) is 10.4. The number of rotatable bonds is 1. The Labute approximate surface area is 87.4 Å². The monoisotopic (exact) mass is 237 g/mol. The molecule has 0 bridgehead atoms. The minimum absolute atomic E-state index is 0.287. The molecule has 0 fully saturated rings. The van der Waals surface area contributed by atoms with E-state index >= 15 is 0 Å². The molecule has 88 valence electrons. The first-order valence-electron chi connectivity index (χ1n) is 4.04. The minimum Gasteiger partial charge on any atom is -0.629 e. The molecule has 0 spiro atoms. The van der Waals surface area contributed by atoms with Crippen molar-refractivity contribution >= 4 is 11.9 Å². The standard InChI is InChI=1S/C8H6F3NO4/c9-8(10,11)7(14)16-6(13)5-2-1-3-12(15)4-5/h1-3,12H,4H2. The number of hydrogen-bond donors (Lipinski definition) is 1. The first-order chi connectivity index (χ1) is 7.30. The summed E-state index contributed by atoms with van der Waals surface area (Å²) in [6.07, 6.45) is -1.76. The molecule has 0 amide bonds. The smallest absolute Gasteiger partial charge is 0.491 e. The van der Waals surface area contributed by atoms with Crippen molar-refractivity contribution in [3.63, 3.8) is 0 Å². The molecule has 0 radical (unpaired) electrons. The maximum atomic E-state index is 11.7. The molecule has 0 aliphatic carbocycles. The fraction of sp³-hybridized carbons (Fsp3) is 0.250. The number of hydrogen-bond acceptors (Lipinski definition) is 4. The van der Waals surface area contributed by atoms with Crippen LogP contribution in [-0.2, 0) is 14.3 Å². The summed E-state index contributed by atoms with van der Waals surface area (Å²) < 4.78 is 38.7. The van der Waals surface area contributed by atoms with Gasteiger partial charge in [0.1, 0.15) is 6.54 Å². The molecule has 0 aromatic carbocycles. The lowest BCUT2D eigenvalue weighted by molar-refractivity contribution is -0.785. The van der Waals surface area contributed by atoms with Crippen LogP contribution >= 0.6 is 0 Å². The van der Waals surface area contributed by atoms with E-state index in [4.69, 9.17) is 0 Å². The van der Waals surface area contributed by atoms with Gasteiger partial charge in [-0.05, 0) is 12.2 Å². The van der Waals surface area contributed by atoms with Crippen LogP contribution in [0.25, 0.3) is 0 Å². The largest absolute Gasteiger partial charge is 0.629 e. The van der Waals surface area contributed by atoms with E-state index in [0.29, 0.717) is 0 Å². The molecule has 1 rings (SSSR count). The van der Waals surface area contributed by atoms with Crippen molar-refractivity contribution in [1.82, 2.24) is 0 Å². The summed E-state index contributed by atoms with van der Waals surface area (Å²) in [6.45, 7) is -0.375. The van der Waals surface area contributed by atoms with Crippen molar-refractivity contribution < 1.29 is 32.6 Å². The number of alkyl halides is 3. The minimum atomic E-state index is -5.23. The van der Waals surface area contributed by atoms with E-state index in [1.54, 1.807) is 0 Å². The fourth-order valence-electron chi connectivity index (χ4n) is 0.925. The highest BCUT2D eigenvalue weighted by Gasteiger charge is 2.43. The van der Waals surface area contributed by atoms with Gasteiger partial charge >= 0.3 is 18.1 Å². The van der Waals surface area contributed by atoms with Crippen LogP contribution in [0.5, 0.6) is 0 Å². The number of carbonyl (C=O) groups excluding carboxylic acids is 2. The summed E-state index contributed by atoms with van der Waals surface area (Å²) in [4.78, 5) is 21.3. The number of allylic oxidation sites excluding steroid dienone is 2. The van der Waals surface area contributed by atoms with Crippen molar-refractivity contribution in [3.05, 3.63) is 29.1 Å². The molecule has 5 nitrogen and oxygen atoms in total. The molecule has 0 aromatic heterocycles. The Morgan fingerprint density at radius 2 is 2.06 bits per heavy atom. The topological polar surface area (TPSA) is 70.9 Å². The molecule has 0 aromatic rings. The lowest BCUT2D eigenvalue weighted by Gasteiger charge is -2.20. The van der Waals surface area contributed by atoms with Crippen LogP contribution in [0.15, 0.2) is 23.9 Å². The van der Waals surface area contributed by atoms with Gasteiger partial charge in [-0.3, -0.25) is 0 Å². The van der Waals surface area contributed by atoms with Crippen LogP contribution in [0, 0.1) is 5.21 Å². The van der Waals surface area contributed by atoms with Crippen LogP contribution in [0.4, 0.5) is 13.2 Å². The number of carbonyl (C=O) groups is 2. The van der Waals surface area contributed by atoms with Crippen LogP contribution < -0.4 is 5.06 Å². The lowest BCUT2D eigenvalue weighted by atomic mass is 10.2. The first kappa shape index (κ1) is 12.4. The van der Waals surface area contributed by atoms with Gasteiger partial charge in [-0.15, -0.1) is 0 Å². The van der Waals surface area contributed by atoms with Crippen molar-refractivity contribution in [2.45, 2.75) is 6.18 Å². The van der Waals surface area contributed by atoms with Gasteiger partial charge in [-0.2, -0.15) is 13.2 Å². The number of hydroxylamine groups is 2. The van der Waals surface area contributed by atoms with Gasteiger partial charge in [0.05, 0.1) is 11.8 Å². The highest BCUT2D eigenvalue weighted by atomic mass is 19.4. The Kier molecular flexibility index (Phi) is 3.45. The Morgan fingerprint density at radius 1 is 1.44 bits per heavy atom. The highest BCUT2D eigenvalue weighted by Crippen LogP contribution is 2.17. The van der Waals surface area contributed by atoms with Gasteiger partial charge in [0.2, 0.25) is 0 Å². The van der Waals surface area contributed by atoms with Crippen molar-refractivity contribution in [2.75, 3.05) is 6.54 Å². The third-order valence-corrected chi connectivity index (χ3v) is 1.62. The average Bonchev–Trinajstić information content (AvgIpc) is 2.16. The summed E-state index contributed by atoms with van der Waals surface area (Å²) in [5.74, 6) is -4.06. The molecule has 1 unspecified atom stereocenters. The Balaban J connectivity index is 2.64. The van der Waals surface area contributed by atoms with E-state index < -0.39 is 23.2 Å². The second kappa shape index (κ2) is 4.45. The van der Waals surface area contributed by atoms with Crippen LogP contribution in [-0.4, -0.2) is 24.7 Å².